The number of carbonyl (C=O) groups is 3. The fraction of sp³-hybridized carbons (Fsp3) is 0.375. The van der Waals surface area contributed by atoms with E-state index in [-0.39, 0.29) is 18.4 Å². The molecule has 33 heavy (non-hydrogen) atoms. The number of ether oxygens (including phenoxy) is 3. The molecule has 2 aromatic rings. The summed E-state index contributed by atoms with van der Waals surface area (Å²) in [7, 11) is 0. The molecule has 2 aromatic carbocycles. The van der Waals surface area contributed by atoms with Crippen LogP contribution in [0, 0.1) is 0 Å². The molecule has 1 aliphatic carbocycles. The molecule has 0 aromatic heterocycles. The Bertz CT molecular complexity index is 1050. The van der Waals surface area contributed by atoms with E-state index in [1.54, 1.807) is 0 Å². The Labute approximate surface area is 198 Å². The molecule has 3 atom stereocenters. The summed E-state index contributed by atoms with van der Waals surface area (Å²) in [6, 6.07) is 9.62. The number of amides is 1. The summed E-state index contributed by atoms with van der Waals surface area (Å²) < 4.78 is 15.5. The average Bonchev–Trinajstić information content (AvgIpc) is 3.32. The van der Waals surface area contributed by atoms with Gasteiger partial charge in [0.1, 0.15) is 12.1 Å². The second-order valence-electron chi connectivity index (χ2n) is 7.83. The van der Waals surface area contributed by atoms with E-state index in [4.69, 9.17) is 14.2 Å². The van der Waals surface area contributed by atoms with Crippen LogP contribution in [0.2, 0.25) is 0 Å². The standard InChI is InChI=1S/C24H26N2O6.ClH/c1-15(31-23(28)20-6-3-12-25-20)32-24(29)26-13-11-16-7-8-17-4-2-5-19-21(30-14-27)10-9-18(16)22(17)19;/h2,4-5,7-10,14-15,20-21,25H,3,6,11-13H2,1H3,(H,26,29);1H. The zero-order valence-electron chi connectivity index (χ0n) is 18.2. The SMILES string of the molecule is CC(OC(=O)NCCc1ccc2cccc3c2c1C=CC3OC=O)OC(=O)C1CCCN1.Cl. The van der Waals surface area contributed by atoms with Gasteiger partial charge in [0, 0.05) is 19.0 Å². The smallest absolute Gasteiger partial charge is 0.410 e. The second kappa shape index (κ2) is 11.2. The summed E-state index contributed by atoms with van der Waals surface area (Å²) in [5.41, 5.74) is 3.04. The normalized spacial score (nSPS) is 19.3. The summed E-state index contributed by atoms with van der Waals surface area (Å²) in [5, 5.41) is 7.86. The molecule has 4 rings (SSSR count). The van der Waals surface area contributed by atoms with Gasteiger partial charge in [-0.25, -0.2) is 4.79 Å². The first kappa shape index (κ1) is 24.5. The maximum absolute atomic E-state index is 12.1. The lowest BCUT2D eigenvalue weighted by molar-refractivity contribution is -0.167. The van der Waals surface area contributed by atoms with Crippen molar-refractivity contribution < 1.29 is 28.6 Å². The molecular weight excluding hydrogens is 448 g/mol. The van der Waals surface area contributed by atoms with Crippen LogP contribution in [0.1, 0.15) is 42.6 Å². The van der Waals surface area contributed by atoms with Crippen LogP contribution in [0.4, 0.5) is 4.79 Å². The quantitative estimate of drug-likeness (QED) is 0.343. The fourth-order valence-corrected chi connectivity index (χ4v) is 4.24. The minimum atomic E-state index is -0.966. The van der Waals surface area contributed by atoms with Crippen molar-refractivity contribution in [2.24, 2.45) is 0 Å². The summed E-state index contributed by atoms with van der Waals surface area (Å²) in [5.74, 6) is -0.405. The van der Waals surface area contributed by atoms with E-state index in [2.05, 4.69) is 10.6 Å². The molecule has 1 heterocycles. The van der Waals surface area contributed by atoms with Crippen LogP contribution in [0.5, 0.6) is 0 Å². The molecule has 0 spiro atoms. The average molecular weight is 475 g/mol. The van der Waals surface area contributed by atoms with Crippen molar-refractivity contribution in [2.75, 3.05) is 13.1 Å². The first-order valence-electron chi connectivity index (χ1n) is 10.8. The summed E-state index contributed by atoms with van der Waals surface area (Å²) in [6.07, 6.45) is 4.02. The van der Waals surface area contributed by atoms with Crippen LogP contribution in [0.25, 0.3) is 16.8 Å². The molecule has 1 aliphatic heterocycles. The molecule has 3 unspecified atom stereocenters. The van der Waals surface area contributed by atoms with Crippen molar-refractivity contribution in [3.63, 3.8) is 0 Å². The van der Waals surface area contributed by atoms with Crippen LogP contribution >= 0.6 is 12.4 Å². The predicted octanol–water partition coefficient (Wildman–Crippen LogP) is 3.41. The number of rotatable bonds is 8. The third-order valence-electron chi connectivity index (χ3n) is 5.72. The molecule has 9 heteroatoms. The van der Waals surface area contributed by atoms with E-state index in [1.165, 1.54) is 6.92 Å². The molecule has 176 valence electrons. The molecule has 0 radical (unpaired) electrons. The monoisotopic (exact) mass is 474 g/mol. The highest BCUT2D eigenvalue weighted by Gasteiger charge is 2.26. The lowest BCUT2D eigenvalue weighted by Crippen LogP contribution is -2.37. The molecule has 0 saturated carbocycles. The van der Waals surface area contributed by atoms with Crippen molar-refractivity contribution in [2.45, 2.75) is 44.6 Å². The van der Waals surface area contributed by atoms with Gasteiger partial charge in [-0.3, -0.25) is 9.59 Å². The molecule has 1 saturated heterocycles. The lowest BCUT2D eigenvalue weighted by Gasteiger charge is -2.22. The van der Waals surface area contributed by atoms with Gasteiger partial charge in [-0.2, -0.15) is 0 Å². The van der Waals surface area contributed by atoms with Crippen LogP contribution in [0.15, 0.2) is 36.4 Å². The Kier molecular flexibility index (Phi) is 8.30. The summed E-state index contributed by atoms with van der Waals surface area (Å²) in [6.45, 7) is 3.12. The van der Waals surface area contributed by atoms with Crippen molar-refractivity contribution in [3.8, 4) is 0 Å². The Balaban J connectivity index is 0.00000306. The van der Waals surface area contributed by atoms with E-state index in [0.29, 0.717) is 19.4 Å². The Hall–Kier alpha value is -3.10. The molecule has 2 N–H and O–H groups in total. The first-order chi connectivity index (χ1) is 15.6. The number of nitrogens with one attached hydrogen (secondary N) is 2. The highest BCUT2D eigenvalue weighted by atomic mass is 35.5. The third kappa shape index (κ3) is 5.64. The zero-order valence-corrected chi connectivity index (χ0v) is 19.1. The molecule has 1 amide bonds. The molecule has 1 fully saturated rings. The van der Waals surface area contributed by atoms with Gasteiger partial charge in [-0.1, -0.05) is 36.4 Å². The number of carbonyl (C=O) groups excluding carboxylic acids is 3. The Morgan fingerprint density at radius 3 is 2.85 bits per heavy atom. The van der Waals surface area contributed by atoms with Gasteiger partial charge in [0.05, 0.1) is 0 Å². The van der Waals surface area contributed by atoms with Crippen molar-refractivity contribution >= 4 is 47.8 Å². The van der Waals surface area contributed by atoms with Crippen LogP contribution in [-0.4, -0.2) is 44.0 Å². The number of esters is 1. The highest BCUT2D eigenvalue weighted by molar-refractivity contribution is 5.96. The van der Waals surface area contributed by atoms with E-state index >= 15 is 0 Å². The van der Waals surface area contributed by atoms with Gasteiger partial charge < -0.3 is 24.8 Å². The van der Waals surface area contributed by atoms with Gasteiger partial charge in [-0.15, -0.1) is 12.4 Å². The number of hydrogen-bond donors (Lipinski definition) is 2. The lowest BCUT2D eigenvalue weighted by atomic mass is 9.88. The van der Waals surface area contributed by atoms with E-state index in [9.17, 15) is 14.4 Å². The summed E-state index contributed by atoms with van der Waals surface area (Å²) in [4.78, 5) is 34.9. The predicted molar refractivity (Wildman–Crippen MR) is 125 cm³/mol. The van der Waals surface area contributed by atoms with Crippen LogP contribution < -0.4 is 10.6 Å². The number of halogens is 1. The van der Waals surface area contributed by atoms with Gasteiger partial charge in [0.2, 0.25) is 6.29 Å². The van der Waals surface area contributed by atoms with E-state index in [1.807, 2.05) is 42.5 Å². The minimum Gasteiger partial charge on any atom is -0.455 e. The highest BCUT2D eigenvalue weighted by Crippen LogP contribution is 2.36. The van der Waals surface area contributed by atoms with Gasteiger partial charge in [-0.05, 0) is 53.8 Å². The van der Waals surface area contributed by atoms with Gasteiger partial charge in [0.25, 0.3) is 6.47 Å². The Morgan fingerprint density at radius 2 is 2.09 bits per heavy atom. The van der Waals surface area contributed by atoms with Gasteiger partial charge >= 0.3 is 12.1 Å². The largest absolute Gasteiger partial charge is 0.455 e. The topological polar surface area (TPSA) is 103 Å². The van der Waals surface area contributed by atoms with Crippen molar-refractivity contribution in [1.82, 2.24) is 10.6 Å². The molecule has 2 aliphatic rings. The molecule has 0 bridgehead atoms. The van der Waals surface area contributed by atoms with Gasteiger partial charge in [0.15, 0.2) is 0 Å². The fourth-order valence-electron chi connectivity index (χ4n) is 4.24. The third-order valence-corrected chi connectivity index (χ3v) is 5.72. The first-order valence-corrected chi connectivity index (χ1v) is 10.8. The molecule has 8 nitrogen and oxygen atoms in total. The van der Waals surface area contributed by atoms with Crippen molar-refractivity contribution in [1.29, 1.82) is 0 Å². The van der Waals surface area contributed by atoms with Crippen LogP contribution in [-0.2, 0) is 30.2 Å². The maximum atomic E-state index is 12.1. The number of alkyl carbamates (subject to hydrolysis) is 1. The number of hydrogen-bond acceptors (Lipinski definition) is 7. The zero-order chi connectivity index (χ0) is 22.5. The second-order valence-corrected chi connectivity index (χ2v) is 7.83. The minimum absolute atomic E-state index is 0. The molecular formula is C24H27ClN2O6. The van der Waals surface area contributed by atoms with Crippen LogP contribution in [0.3, 0.4) is 0 Å². The van der Waals surface area contributed by atoms with E-state index in [0.717, 1.165) is 46.8 Å². The Morgan fingerprint density at radius 1 is 1.24 bits per heavy atom. The number of benzene rings is 2. The maximum Gasteiger partial charge on any atom is 0.410 e. The van der Waals surface area contributed by atoms with E-state index < -0.39 is 24.5 Å². The van der Waals surface area contributed by atoms with Crippen molar-refractivity contribution in [3.05, 3.63) is 53.1 Å². The summed E-state index contributed by atoms with van der Waals surface area (Å²) >= 11 is 0.